The maximum absolute atomic E-state index is 17.1. The minimum absolute atomic E-state index is 0.0567. The van der Waals surface area contributed by atoms with Crippen molar-refractivity contribution in [1.82, 2.24) is 10.2 Å². The fraction of sp³-hybridized carbons (Fsp3) is 0.613. The normalized spacial score (nSPS) is 23.0. The summed E-state index contributed by atoms with van der Waals surface area (Å²) in [6.45, 7) is 6.21. The third-order valence-corrected chi connectivity index (χ3v) is 7.67. The van der Waals surface area contributed by atoms with Crippen LogP contribution >= 0.6 is 0 Å². The maximum atomic E-state index is 17.1. The largest absolute Gasteiger partial charge is 0.378 e. The Balaban J connectivity index is 1.88. The highest BCUT2D eigenvalue weighted by Gasteiger charge is 2.44. The van der Waals surface area contributed by atoms with Gasteiger partial charge in [0.05, 0.1) is 13.2 Å². The van der Waals surface area contributed by atoms with Gasteiger partial charge in [-0.3, -0.25) is 9.59 Å². The van der Waals surface area contributed by atoms with Crippen LogP contribution in [0.2, 0.25) is 0 Å². The Bertz CT molecular complexity index is 944. The van der Waals surface area contributed by atoms with Crippen LogP contribution in [0, 0.1) is 11.8 Å². The molecule has 0 radical (unpaired) electrons. The summed E-state index contributed by atoms with van der Waals surface area (Å²) in [6, 6.07) is 9.89. The zero-order valence-electron chi connectivity index (χ0n) is 23.3. The van der Waals surface area contributed by atoms with Gasteiger partial charge in [0.15, 0.2) is 0 Å². The predicted octanol–water partition coefficient (Wildman–Crippen LogP) is 5.34. The number of nitrogens with zero attached hydrogens (tertiary/aromatic N) is 1. The molecule has 0 bridgehead atoms. The second kappa shape index (κ2) is 15.2. The van der Waals surface area contributed by atoms with E-state index in [-0.39, 0.29) is 24.2 Å². The maximum Gasteiger partial charge on any atom is 0.251 e. The zero-order valence-corrected chi connectivity index (χ0v) is 23.3. The molecule has 1 aliphatic carbocycles. The lowest BCUT2D eigenvalue weighted by atomic mass is 9.73. The number of halogens is 1. The van der Waals surface area contributed by atoms with Crippen LogP contribution in [0.1, 0.15) is 64.4 Å². The molecular formula is C31H45FN2O4. The highest BCUT2D eigenvalue weighted by molar-refractivity contribution is 5.82. The van der Waals surface area contributed by atoms with Crippen molar-refractivity contribution in [3.63, 3.8) is 0 Å². The number of benzene rings is 1. The number of unbranched alkanes of at least 4 members (excludes halogenated alkanes) is 3. The Kier molecular flexibility index (Phi) is 12.0. The minimum Gasteiger partial charge on any atom is -0.378 e. The van der Waals surface area contributed by atoms with E-state index < -0.39 is 17.7 Å². The number of carbonyl (C=O) groups is 2. The van der Waals surface area contributed by atoms with E-state index in [4.69, 9.17) is 9.47 Å². The predicted molar refractivity (Wildman–Crippen MR) is 149 cm³/mol. The van der Waals surface area contributed by atoms with E-state index in [2.05, 4.69) is 12.2 Å². The third-order valence-electron chi connectivity index (χ3n) is 7.67. The molecule has 0 aromatic heterocycles. The molecule has 0 saturated carbocycles. The Morgan fingerprint density at radius 3 is 2.55 bits per heavy atom. The number of amides is 2. The van der Waals surface area contributed by atoms with Gasteiger partial charge in [0, 0.05) is 45.0 Å². The first-order valence-corrected chi connectivity index (χ1v) is 14.3. The Labute approximate surface area is 227 Å². The number of hydrogen-bond donors (Lipinski definition) is 1. The molecule has 7 heteroatoms. The molecule has 1 aromatic rings. The topological polar surface area (TPSA) is 67.9 Å². The number of allylic oxidation sites excluding steroid dienone is 4. The first kappa shape index (κ1) is 30.0. The van der Waals surface area contributed by atoms with Gasteiger partial charge in [-0.2, -0.15) is 0 Å². The van der Waals surface area contributed by atoms with Crippen molar-refractivity contribution in [2.75, 3.05) is 40.0 Å². The molecule has 1 fully saturated rings. The molecule has 1 heterocycles. The number of alkyl halides is 1. The van der Waals surface area contributed by atoms with Gasteiger partial charge < -0.3 is 19.7 Å². The van der Waals surface area contributed by atoms with Crippen molar-refractivity contribution in [1.29, 1.82) is 0 Å². The van der Waals surface area contributed by atoms with Gasteiger partial charge in [-0.25, -0.2) is 4.39 Å². The number of ether oxygens (including phenoxy) is 2. The molecule has 0 spiro atoms. The van der Waals surface area contributed by atoms with Crippen molar-refractivity contribution < 1.29 is 23.5 Å². The van der Waals surface area contributed by atoms with Gasteiger partial charge in [0.25, 0.3) is 5.91 Å². The van der Waals surface area contributed by atoms with Crippen LogP contribution in [0.5, 0.6) is 0 Å². The van der Waals surface area contributed by atoms with Gasteiger partial charge in [-0.15, -0.1) is 0 Å². The summed E-state index contributed by atoms with van der Waals surface area (Å²) in [6.07, 6.45) is 9.68. The van der Waals surface area contributed by atoms with E-state index in [1.54, 1.807) is 18.0 Å². The highest BCUT2D eigenvalue weighted by atomic mass is 19.1. The van der Waals surface area contributed by atoms with E-state index in [1.165, 1.54) is 0 Å². The molecule has 210 valence electrons. The van der Waals surface area contributed by atoms with Gasteiger partial charge in [0.2, 0.25) is 5.91 Å². The van der Waals surface area contributed by atoms with E-state index in [9.17, 15) is 9.59 Å². The lowest BCUT2D eigenvalue weighted by Crippen LogP contribution is -2.49. The highest BCUT2D eigenvalue weighted by Crippen LogP contribution is 2.42. The lowest BCUT2D eigenvalue weighted by Gasteiger charge is -2.38. The monoisotopic (exact) mass is 528 g/mol. The van der Waals surface area contributed by atoms with Crippen LogP contribution in [0.25, 0.3) is 5.57 Å². The van der Waals surface area contributed by atoms with Crippen LogP contribution in [-0.4, -0.2) is 68.4 Å². The quantitative estimate of drug-likeness (QED) is 0.331. The van der Waals surface area contributed by atoms with Gasteiger partial charge in [0.1, 0.15) is 11.8 Å². The summed E-state index contributed by atoms with van der Waals surface area (Å²) in [5.41, 5.74) is 0.106. The Morgan fingerprint density at radius 2 is 1.89 bits per heavy atom. The number of hydrogen-bond acceptors (Lipinski definition) is 4. The molecular weight excluding hydrogens is 483 g/mol. The molecule has 2 aliphatic rings. The van der Waals surface area contributed by atoms with E-state index in [0.29, 0.717) is 45.8 Å². The van der Waals surface area contributed by atoms with Crippen LogP contribution in [0.3, 0.4) is 0 Å². The van der Waals surface area contributed by atoms with Crippen LogP contribution in [0.4, 0.5) is 4.39 Å². The third kappa shape index (κ3) is 8.24. The van der Waals surface area contributed by atoms with Crippen molar-refractivity contribution in [2.24, 2.45) is 11.8 Å². The summed E-state index contributed by atoms with van der Waals surface area (Å²) < 4.78 is 28.3. The fourth-order valence-electron chi connectivity index (χ4n) is 5.44. The van der Waals surface area contributed by atoms with Crippen molar-refractivity contribution >= 4 is 17.4 Å². The number of carbonyl (C=O) groups excluding carboxylic acids is 2. The molecule has 6 nitrogen and oxygen atoms in total. The summed E-state index contributed by atoms with van der Waals surface area (Å²) >= 11 is 0. The molecule has 2 amide bonds. The molecule has 4 unspecified atom stereocenters. The van der Waals surface area contributed by atoms with Crippen molar-refractivity contribution in [2.45, 2.75) is 70.6 Å². The number of nitrogens with one attached hydrogen (secondary N) is 1. The molecule has 1 N–H and O–H groups in total. The smallest absolute Gasteiger partial charge is 0.251 e. The second-order valence-corrected chi connectivity index (χ2v) is 10.3. The lowest BCUT2D eigenvalue weighted by molar-refractivity contribution is -0.150. The molecule has 1 aromatic carbocycles. The minimum atomic E-state index is -1.82. The van der Waals surface area contributed by atoms with Gasteiger partial charge in [-0.1, -0.05) is 75.1 Å². The SMILES string of the molecule is CCCCCCC(CC1C=C(c2ccccc2)C=CC1(F)CC(OCC)C(=O)N1CCOCC1)C(=O)NC. The second-order valence-electron chi connectivity index (χ2n) is 10.3. The summed E-state index contributed by atoms with van der Waals surface area (Å²) in [4.78, 5) is 27.9. The van der Waals surface area contributed by atoms with Crippen LogP contribution < -0.4 is 5.32 Å². The van der Waals surface area contributed by atoms with Crippen molar-refractivity contribution in [3.8, 4) is 0 Å². The molecule has 1 saturated heterocycles. The Morgan fingerprint density at radius 1 is 1.16 bits per heavy atom. The van der Waals surface area contributed by atoms with E-state index in [0.717, 1.165) is 36.8 Å². The fourth-order valence-corrected chi connectivity index (χ4v) is 5.44. The first-order chi connectivity index (χ1) is 18.4. The van der Waals surface area contributed by atoms with E-state index in [1.807, 2.05) is 49.4 Å². The number of rotatable bonds is 14. The molecule has 1 aliphatic heterocycles. The zero-order chi connectivity index (χ0) is 27.4. The Hall–Kier alpha value is -2.51. The number of morpholine rings is 1. The molecule has 4 atom stereocenters. The van der Waals surface area contributed by atoms with Gasteiger partial charge >= 0.3 is 0 Å². The standard InChI is InChI=1S/C31H45FN2O4/c1-4-6-7-9-14-26(29(35)33-3)22-27-21-25(24-12-10-8-11-13-24)15-16-31(27,32)23-28(38-5-2)30(36)34-17-19-37-20-18-34/h8,10-13,15-16,21,26-28H,4-7,9,14,17-20,22-23H2,1-3H3,(H,33,35). The van der Waals surface area contributed by atoms with Crippen LogP contribution in [0.15, 0.2) is 48.6 Å². The summed E-state index contributed by atoms with van der Waals surface area (Å²) in [5, 5.41) is 2.79. The summed E-state index contributed by atoms with van der Waals surface area (Å²) in [5.74, 6) is -1.13. The average molecular weight is 529 g/mol. The molecule has 3 rings (SSSR count). The van der Waals surface area contributed by atoms with E-state index >= 15 is 4.39 Å². The average Bonchev–Trinajstić information content (AvgIpc) is 2.95. The first-order valence-electron chi connectivity index (χ1n) is 14.3. The van der Waals surface area contributed by atoms with Crippen LogP contribution in [-0.2, 0) is 19.1 Å². The summed E-state index contributed by atoms with van der Waals surface area (Å²) in [7, 11) is 1.64. The molecule has 38 heavy (non-hydrogen) atoms. The van der Waals surface area contributed by atoms with Crippen molar-refractivity contribution in [3.05, 3.63) is 54.1 Å². The van der Waals surface area contributed by atoms with Gasteiger partial charge in [-0.05, 0) is 37.0 Å².